The van der Waals surface area contributed by atoms with Crippen molar-refractivity contribution >= 4 is 6.47 Å². The van der Waals surface area contributed by atoms with Crippen molar-refractivity contribution in [3.05, 3.63) is 0 Å². The summed E-state index contributed by atoms with van der Waals surface area (Å²) in [5.74, 6) is 0. The molecule has 0 N–H and O–H groups in total. The second-order valence-electron chi connectivity index (χ2n) is 1.52. The molecule has 1 fully saturated rings. The molecule has 2 nitrogen and oxygen atoms in total. The van der Waals surface area contributed by atoms with E-state index in [0.717, 1.165) is 0 Å². The van der Waals surface area contributed by atoms with Gasteiger partial charge in [-0.2, -0.15) is 0 Å². The van der Waals surface area contributed by atoms with Crippen LogP contribution in [-0.4, -0.2) is 18.7 Å². The minimum Gasteiger partial charge on any atom is -0.461 e. The van der Waals surface area contributed by atoms with Gasteiger partial charge in [-0.05, 0) is 0 Å². The Balaban J connectivity index is 2.08. The van der Waals surface area contributed by atoms with Crippen LogP contribution in [-0.2, 0) is 9.53 Å². The van der Waals surface area contributed by atoms with E-state index in [2.05, 4.69) is 4.74 Å². The van der Waals surface area contributed by atoms with Crippen LogP contribution in [0.15, 0.2) is 0 Å². The third-order valence-corrected chi connectivity index (χ3v) is 0.888. The van der Waals surface area contributed by atoms with Gasteiger partial charge in [0, 0.05) is 6.42 Å². The van der Waals surface area contributed by atoms with E-state index >= 15 is 0 Å². The molecular formula is C4H5FO2. The highest BCUT2D eigenvalue weighted by Crippen LogP contribution is 2.27. The van der Waals surface area contributed by atoms with Gasteiger partial charge in [-0.15, -0.1) is 0 Å². The topological polar surface area (TPSA) is 26.3 Å². The summed E-state index contributed by atoms with van der Waals surface area (Å²) < 4.78 is 15.9. The molecule has 0 aromatic heterocycles. The Bertz CT molecular complexity index is 83.8. The average molecular weight is 104 g/mol. The number of hydrogen-bond acceptors (Lipinski definition) is 2. The summed E-state index contributed by atoms with van der Waals surface area (Å²) in [5, 5.41) is 0. The molecule has 1 saturated carbocycles. The van der Waals surface area contributed by atoms with Gasteiger partial charge in [-0.1, -0.05) is 0 Å². The molecule has 40 valence electrons. The summed E-state index contributed by atoms with van der Waals surface area (Å²) in [6.45, 7) is 0.282. The summed E-state index contributed by atoms with van der Waals surface area (Å²) in [7, 11) is 0. The predicted molar refractivity (Wildman–Crippen MR) is 20.4 cm³/mol. The highest BCUT2D eigenvalue weighted by molar-refractivity contribution is 5.38. The highest BCUT2D eigenvalue weighted by Gasteiger charge is 2.39. The van der Waals surface area contributed by atoms with E-state index in [4.69, 9.17) is 0 Å². The first-order valence-electron chi connectivity index (χ1n) is 2.08. The Kier molecular flexibility index (Phi) is 0.964. The third kappa shape index (κ3) is 0.885. The van der Waals surface area contributed by atoms with Gasteiger partial charge in [0.05, 0.1) is 0 Å². The van der Waals surface area contributed by atoms with Gasteiger partial charge in [0.15, 0.2) is 0 Å². The lowest BCUT2D eigenvalue weighted by Gasteiger charge is -1.85. The van der Waals surface area contributed by atoms with Crippen molar-refractivity contribution in [3.8, 4) is 0 Å². The summed E-state index contributed by atoms with van der Waals surface area (Å²) in [5.41, 5.74) is 0. The molecule has 2 unspecified atom stereocenters. The number of hydrogen-bond donors (Lipinski definition) is 0. The molecule has 2 atom stereocenters. The first-order chi connectivity index (χ1) is 3.34. The quantitative estimate of drug-likeness (QED) is 0.470. The fourth-order valence-electron chi connectivity index (χ4n) is 0.356. The summed E-state index contributed by atoms with van der Waals surface area (Å²) in [4.78, 5) is 9.41. The number of carbonyl (C=O) groups excluding carboxylic acids is 1. The molecule has 0 amide bonds. The molecule has 3 heteroatoms. The van der Waals surface area contributed by atoms with Crippen LogP contribution in [0.25, 0.3) is 0 Å². The third-order valence-electron chi connectivity index (χ3n) is 0.888. The Morgan fingerprint density at radius 3 is 2.57 bits per heavy atom. The van der Waals surface area contributed by atoms with Crippen LogP contribution in [0.4, 0.5) is 4.39 Å². The lowest BCUT2D eigenvalue weighted by atomic mass is 10.8. The molecule has 0 heterocycles. The standard InChI is InChI=1S/C4H5FO2/c5-3-1-4(3)7-2-6/h2-4H,1H2. The number of alkyl halides is 1. The number of ether oxygens (including phenoxy) is 1. The highest BCUT2D eigenvalue weighted by atomic mass is 19.1. The average Bonchev–Trinajstić information content (AvgIpc) is 2.22. The zero-order chi connectivity index (χ0) is 5.28. The minimum absolute atomic E-state index is 0.282. The van der Waals surface area contributed by atoms with E-state index in [1.54, 1.807) is 0 Å². The fourth-order valence-corrected chi connectivity index (χ4v) is 0.356. The minimum atomic E-state index is -0.884. The molecule has 0 aliphatic heterocycles. The first-order valence-corrected chi connectivity index (χ1v) is 2.08. The second-order valence-corrected chi connectivity index (χ2v) is 1.52. The molecule has 0 radical (unpaired) electrons. The van der Waals surface area contributed by atoms with Crippen molar-refractivity contribution < 1.29 is 13.9 Å². The molecule has 0 bridgehead atoms. The van der Waals surface area contributed by atoms with E-state index in [9.17, 15) is 9.18 Å². The molecule has 1 rings (SSSR count). The SMILES string of the molecule is O=COC1CC1F. The summed E-state index contributed by atoms with van der Waals surface area (Å²) in [6, 6.07) is 0. The molecule has 1 aliphatic carbocycles. The van der Waals surface area contributed by atoms with Crippen LogP contribution in [0, 0.1) is 0 Å². The normalized spacial score (nSPS) is 37.3. The summed E-state index contributed by atoms with van der Waals surface area (Å²) in [6.07, 6.45) is -0.915. The Morgan fingerprint density at radius 2 is 2.43 bits per heavy atom. The Morgan fingerprint density at radius 1 is 1.86 bits per heavy atom. The maximum absolute atomic E-state index is 11.7. The molecular weight excluding hydrogens is 99.0 g/mol. The fraction of sp³-hybridized carbons (Fsp3) is 0.750. The second kappa shape index (κ2) is 1.48. The van der Waals surface area contributed by atoms with Crippen LogP contribution in [0.2, 0.25) is 0 Å². The predicted octanol–water partition coefficient (Wildman–Crippen LogP) is 0.270. The van der Waals surface area contributed by atoms with Crippen molar-refractivity contribution in [2.45, 2.75) is 18.7 Å². The van der Waals surface area contributed by atoms with Crippen LogP contribution >= 0.6 is 0 Å². The molecule has 0 spiro atoms. The van der Waals surface area contributed by atoms with Gasteiger partial charge in [0.25, 0.3) is 6.47 Å². The van der Waals surface area contributed by atoms with Gasteiger partial charge in [-0.25, -0.2) is 4.39 Å². The van der Waals surface area contributed by atoms with Crippen molar-refractivity contribution in [1.29, 1.82) is 0 Å². The number of halogens is 1. The maximum Gasteiger partial charge on any atom is 0.293 e. The Labute approximate surface area is 40.3 Å². The van der Waals surface area contributed by atoms with Crippen LogP contribution in [0.1, 0.15) is 6.42 Å². The maximum atomic E-state index is 11.7. The van der Waals surface area contributed by atoms with Crippen molar-refractivity contribution in [2.75, 3.05) is 0 Å². The monoisotopic (exact) mass is 104 g/mol. The van der Waals surface area contributed by atoms with E-state index in [1.165, 1.54) is 0 Å². The molecule has 7 heavy (non-hydrogen) atoms. The van der Waals surface area contributed by atoms with Crippen molar-refractivity contribution in [3.63, 3.8) is 0 Å². The van der Waals surface area contributed by atoms with Gasteiger partial charge in [0.1, 0.15) is 12.3 Å². The van der Waals surface area contributed by atoms with Crippen LogP contribution < -0.4 is 0 Å². The van der Waals surface area contributed by atoms with E-state index in [1.807, 2.05) is 0 Å². The lowest BCUT2D eigenvalue weighted by molar-refractivity contribution is -0.130. The van der Waals surface area contributed by atoms with Gasteiger partial charge < -0.3 is 4.74 Å². The van der Waals surface area contributed by atoms with E-state index in [-0.39, 0.29) is 6.47 Å². The van der Waals surface area contributed by atoms with Crippen molar-refractivity contribution in [2.24, 2.45) is 0 Å². The first kappa shape index (κ1) is 4.56. The van der Waals surface area contributed by atoms with Gasteiger partial charge >= 0.3 is 0 Å². The molecule has 0 aromatic rings. The zero-order valence-electron chi connectivity index (χ0n) is 3.63. The lowest BCUT2D eigenvalue weighted by Crippen LogP contribution is -1.92. The summed E-state index contributed by atoms with van der Waals surface area (Å²) >= 11 is 0. The zero-order valence-corrected chi connectivity index (χ0v) is 3.63. The molecule has 0 aromatic carbocycles. The number of rotatable bonds is 2. The van der Waals surface area contributed by atoms with Crippen LogP contribution in [0.3, 0.4) is 0 Å². The van der Waals surface area contributed by atoms with E-state index in [0.29, 0.717) is 6.42 Å². The smallest absolute Gasteiger partial charge is 0.293 e. The van der Waals surface area contributed by atoms with Crippen LogP contribution in [0.5, 0.6) is 0 Å². The van der Waals surface area contributed by atoms with Crippen molar-refractivity contribution in [1.82, 2.24) is 0 Å². The largest absolute Gasteiger partial charge is 0.461 e. The van der Waals surface area contributed by atoms with Gasteiger partial charge in [-0.3, -0.25) is 4.79 Å². The Hall–Kier alpha value is -0.600. The van der Waals surface area contributed by atoms with E-state index < -0.39 is 12.3 Å². The van der Waals surface area contributed by atoms with Gasteiger partial charge in [0.2, 0.25) is 0 Å². The molecule has 1 aliphatic rings. The number of carbonyl (C=O) groups is 1. The molecule has 0 saturated heterocycles.